The first-order valence-corrected chi connectivity index (χ1v) is 10.6. The molecular weight excluding hydrogens is 465 g/mol. The number of hydrogen-bond donors (Lipinski definition) is 4. The number of carbonyl (C=O) groups excluding carboxylic acids is 1. The number of thiophene rings is 1. The molecule has 0 atom stereocenters. The third kappa shape index (κ3) is 4.04. The van der Waals surface area contributed by atoms with E-state index in [0.29, 0.717) is 32.8 Å². The van der Waals surface area contributed by atoms with Gasteiger partial charge < -0.3 is 20.4 Å². The molecule has 2 aromatic carbocycles. The molecule has 0 aliphatic carbocycles. The van der Waals surface area contributed by atoms with Crippen LogP contribution in [0.5, 0.6) is 0 Å². The lowest BCUT2D eigenvalue weighted by Gasteiger charge is -2.16. The SMILES string of the molecule is O=C(Nc1ccccc1)Nc1ccc2sc(C(F)(F)P(=O)(O)O)c(Br)c2c1. The summed E-state index contributed by atoms with van der Waals surface area (Å²) in [6.07, 6.45) is 0. The van der Waals surface area contributed by atoms with Gasteiger partial charge in [-0.1, -0.05) is 18.2 Å². The van der Waals surface area contributed by atoms with E-state index in [2.05, 4.69) is 26.6 Å². The number of amides is 2. The topological polar surface area (TPSA) is 98.7 Å². The van der Waals surface area contributed by atoms with Crippen LogP contribution in [0.1, 0.15) is 4.88 Å². The Morgan fingerprint density at radius 2 is 1.70 bits per heavy atom. The van der Waals surface area contributed by atoms with Crippen LogP contribution in [0.25, 0.3) is 10.1 Å². The van der Waals surface area contributed by atoms with Crippen LogP contribution in [-0.4, -0.2) is 15.8 Å². The predicted octanol–water partition coefficient (Wildman–Crippen LogP) is 5.53. The van der Waals surface area contributed by atoms with Crippen molar-refractivity contribution < 1.29 is 27.9 Å². The number of alkyl halides is 2. The van der Waals surface area contributed by atoms with Gasteiger partial charge in [-0.05, 0) is 46.3 Å². The number of rotatable bonds is 4. The summed E-state index contributed by atoms with van der Waals surface area (Å²) in [6.45, 7) is 0. The Kier molecular flexibility index (Phi) is 5.38. The van der Waals surface area contributed by atoms with E-state index in [1.165, 1.54) is 18.2 Å². The Balaban J connectivity index is 1.88. The predicted molar refractivity (Wildman–Crippen MR) is 105 cm³/mol. The van der Waals surface area contributed by atoms with Gasteiger partial charge >= 0.3 is 19.3 Å². The van der Waals surface area contributed by atoms with Gasteiger partial charge in [0.05, 0.1) is 0 Å². The van der Waals surface area contributed by atoms with E-state index in [4.69, 9.17) is 9.79 Å². The Labute approximate surface area is 164 Å². The molecule has 27 heavy (non-hydrogen) atoms. The van der Waals surface area contributed by atoms with E-state index in [9.17, 15) is 18.1 Å². The quantitative estimate of drug-likeness (QED) is 0.371. The maximum absolute atomic E-state index is 14.1. The van der Waals surface area contributed by atoms with Crippen LogP contribution in [0.2, 0.25) is 0 Å². The summed E-state index contributed by atoms with van der Waals surface area (Å²) < 4.78 is 39.5. The van der Waals surface area contributed by atoms with Crippen molar-refractivity contribution >= 4 is 62.4 Å². The normalized spacial score (nSPS) is 12.2. The van der Waals surface area contributed by atoms with E-state index >= 15 is 0 Å². The second-order valence-corrected chi connectivity index (χ2v) is 8.98. The van der Waals surface area contributed by atoms with Gasteiger partial charge in [0, 0.05) is 25.9 Å². The summed E-state index contributed by atoms with van der Waals surface area (Å²) in [5.74, 6) is 0. The fraction of sp³-hybridized carbons (Fsp3) is 0.0625. The summed E-state index contributed by atoms with van der Waals surface area (Å²) in [7, 11) is -5.68. The van der Waals surface area contributed by atoms with Crippen LogP contribution in [-0.2, 0) is 10.2 Å². The molecule has 11 heteroatoms. The summed E-state index contributed by atoms with van der Waals surface area (Å²) in [4.78, 5) is 29.2. The monoisotopic (exact) mass is 476 g/mol. The highest BCUT2D eigenvalue weighted by molar-refractivity contribution is 9.10. The van der Waals surface area contributed by atoms with E-state index in [-0.39, 0.29) is 4.47 Å². The Bertz CT molecular complexity index is 1060. The number of benzene rings is 2. The van der Waals surface area contributed by atoms with E-state index in [1.54, 1.807) is 30.3 Å². The van der Waals surface area contributed by atoms with E-state index in [1.807, 2.05) is 0 Å². The van der Waals surface area contributed by atoms with Crippen molar-refractivity contribution in [2.75, 3.05) is 10.6 Å². The third-order valence-corrected chi connectivity index (χ3v) is 6.99. The molecule has 0 bridgehead atoms. The lowest BCUT2D eigenvalue weighted by atomic mass is 10.2. The molecule has 3 aromatic rings. The van der Waals surface area contributed by atoms with Gasteiger partial charge in [0.1, 0.15) is 4.88 Å². The molecule has 142 valence electrons. The average Bonchev–Trinajstić information content (AvgIpc) is 2.92. The fourth-order valence-electron chi connectivity index (χ4n) is 2.29. The van der Waals surface area contributed by atoms with Crippen molar-refractivity contribution in [1.29, 1.82) is 0 Å². The molecule has 0 saturated carbocycles. The summed E-state index contributed by atoms with van der Waals surface area (Å²) in [6, 6.07) is 12.6. The Morgan fingerprint density at radius 1 is 1.07 bits per heavy atom. The van der Waals surface area contributed by atoms with Gasteiger partial charge in [-0.15, -0.1) is 11.3 Å². The molecule has 0 spiro atoms. The van der Waals surface area contributed by atoms with Crippen LogP contribution in [0, 0.1) is 0 Å². The van der Waals surface area contributed by atoms with Crippen molar-refractivity contribution in [1.82, 2.24) is 0 Å². The van der Waals surface area contributed by atoms with E-state index < -0.39 is 24.2 Å². The van der Waals surface area contributed by atoms with Gasteiger partial charge in [0.25, 0.3) is 0 Å². The van der Waals surface area contributed by atoms with Crippen molar-refractivity contribution in [2.45, 2.75) is 5.66 Å². The van der Waals surface area contributed by atoms with Gasteiger partial charge in [-0.2, -0.15) is 8.78 Å². The smallest absolute Gasteiger partial charge is 0.320 e. The van der Waals surface area contributed by atoms with Crippen molar-refractivity contribution in [3.8, 4) is 0 Å². The standard InChI is InChI=1S/C16H12BrF2N2O4PS/c17-13-11-8-10(21-15(22)20-9-4-2-1-3-5-9)6-7-12(11)27-14(13)16(18,19)26(23,24)25/h1-8H,(H2,20,21,22)(H2,23,24,25). The molecule has 0 unspecified atom stereocenters. The Hall–Kier alpha value is -1.84. The van der Waals surface area contributed by atoms with Gasteiger partial charge in [-0.3, -0.25) is 4.57 Å². The first kappa shape index (κ1) is 19.9. The minimum absolute atomic E-state index is 0.122. The minimum Gasteiger partial charge on any atom is -0.320 e. The number of para-hydroxylation sites is 1. The van der Waals surface area contributed by atoms with Crippen LogP contribution < -0.4 is 10.6 Å². The third-order valence-electron chi connectivity index (χ3n) is 3.56. The van der Waals surface area contributed by atoms with Gasteiger partial charge in [0.2, 0.25) is 0 Å². The second kappa shape index (κ2) is 7.29. The molecule has 0 aliphatic rings. The molecule has 6 nitrogen and oxygen atoms in total. The van der Waals surface area contributed by atoms with Gasteiger partial charge in [-0.25, -0.2) is 4.79 Å². The molecule has 0 radical (unpaired) electrons. The number of fused-ring (bicyclic) bond motifs is 1. The average molecular weight is 477 g/mol. The van der Waals surface area contributed by atoms with E-state index in [0.717, 1.165) is 0 Å². The number of halogens is 3. The second-order valence-electron chi connectivity index (χ2n) is 5.49. The van der Waals surface area contributed by atoms with Crippen LogP contribution in [0.3, 0.4) is 0 Å². The first-order chi connectivity index (χ1) is 12.6. The van der Waals surface area contributed by atoms with Crippen molar-refractivity contribution in [3.63, 3.8) is 0 Å². The first-order valence-electron chi connectivity index (χ1n) is 7.38. The Morgan fingerprint density at radius 3 is 2.33 bits per heavy atom. The molecule has 2 amide bonds. The zero-order valence-electron chi connectivity index (χ0n) is 13.3. The molecule has 0 saturated heterocycles. The zero-order chi connectivity index (χ0) is 19.8. The number of hydrogen-bond acceptors (Lipinski definition) is 3. The molecule has 1 aromatic heterocycles. The van der Waals surface area contributed by atoms with Crippen LogP contribution >= 0.6 is 34.9 Å². The molecule has 1 heterocycles. The molecule has 0 fully saturated rings. The number of urea groups is 1. The minimum atomic E-state index is -5.68. The summed E-state index contributed by atoms with van der Waals surface area (Å²) in [5, 5.41) is 5.51. The maximum Gasteiger partial charge on any atom is 0.400 e. The lowest BCUT2D eigenvalue weighted by molar-refractivity contribution is 0.0595. The summed E-state index contributed by atoms with van der Waals surface area (Å²) in [5.41, 5.74) is -3.40. The molecular formula is C16H12BrF2N2O4PS. The molecule has 3 rings (SSSR count). The largest absolute Gasteiger partial charge is 0.400 e. The molecule has 0 aliphatic heterocycles. The number of carbonyl (C=O) groups is 1. The highest BCUT2D eigenvalue weighted by Gasteiger charge is 2.53. The maximum atomic E-state index is 14.1. The zero-order valence-corrected chi connectivity index (χ0v) is 16.6. The molecule has 4 N–H and O–H groups in total. The lowest BCUT2D eigenvalue weighted by Crippen LogP contribution is -2.19. The van der Waals surface area contributed by atoms with Gasteiger partial charge in [0.15, 0.2) is 0 Å². The number of anilines is 2. The summed E-state index contributed by atoms with van der Waals surface area (Å²) >= 11 is 3.56. The highest BCUT2D eigenvalue weighted by Crippen LogP contribution is 2.62. The van der Waals surface area contributed by atoms with Crippen molar-refractivity contribution in [3.05, 3.63) is 57.9 Å². The van der Waals surface area contributed by atoms with Crippen LogP contribution in [0.4, 0.5) is 25.0 Å². The van der Waals surface area contributed by atoms with Crippen molar-refractivity contribution in [2.24, 2.45) is 0 Å². The fourth-order valence-corrected chi connectivity index (χ4v) is 5.21. The van der Waals surface area contributed by atoms with Crippen LogP contribution in [0.15, 0.2) is 53.0 Å². The number of nitrogens with one attached hydrogen (secondary N) is 2. The highest BCUT2D eigenvalue weighted by atomic mass is 79.9.